The van der Waals surface area contributed by atoms with Crippen molar-refractivity contribution >= 4 is 16.7 Å². The topological polar surface area (TPSA) is 44.3 Å². The number of hydrogen-bond donors (Lipinski definition) is 0. The lowest BCUT2D eigenvalue weighted by Crippen LogP contribution is -2.08. The van der Waals surface area contributed by atoms with Crippen molar-refractivity contribution in [3.63, 3.8) is 0 Å². The maximum absolute atomic E-state index is 4.25. The van der Waals surface area contributed by atoms with Gasteiger partial charge in [-0.15, -0.1) is 5.10 Å². The van der Waals surface area contributed by atoms with E-state index in [1.165, 1.54) is 0 Å². The Balaban J connectivity index is 2.26. The first kappa shape index (κ1) is 7.32. The van der Waals surface area contributed by atoms with Gasteiger partial charge in [0.1, 0.15) is 0 Å². The van der Waals surface area contributed by atoms with E-state index in [0.29, 0.717) is 0 Å². The zero-order chi connectivity index (χ0) is 9.38. The summed E-state index contributed by atoms with van der Waals surface area (Å²) in [4.78, 5) is 0. The number of para-hydroxylation sites is 1. The molecule has 4 heteroatoms. The molecule has 2 aromatic rings. The monoisotopic (exact) mass is 183 g/mol. The van der Waals surface area contributed by atoms with Crippen LogP contribution in [0.2, 0.25) is 0 Å². The molecule has 0 bridgehead atoms. The average molecular weight is 183 g/mol. The van der Waals surface area contributed by atoms with Gasteiger partial charge in [-0.1, -0.05) is 18.2 Å². The Labute approximate surface area is 80.5 Å². The van der Waals surface area contributed by atoms with Gasteiger partial charge >= 0.3 is 0 Å². The lowest BCUT2D eigenvalue weighted by atomic mass is 10.2. The van der Waals surface area contributed by atoms with Gasteiger partial charge in [-0.25, -0.2) is 4.68 Å². The van der Waals surface area contributed by atoms with Crippen LogP contribution in [0.3, 0.4) is 0 Å². The van der Waals surface area contributed by atoms with Crippen LogP contribution in [0.5, 0.6) is 0 Å². The quantitative estimate of drug-likeness (QED) is 0.607. The zero-order valence-electron chi connectivity index (χ0n) is 7.33. The molecule has 14 heavy (non-hydrogen) atoms. The fourth-order valence-corrected chi connectivity index (χ4v) is 1.49. The summed E-state index contributed by atoms with van der Waals surface area (Å²) in [5.41, 5.74) is 4.82. The summed E-state index contributed by atoms with van der Waals surface area (Å²) < 4.78 is 1.78. The van der Waals surface area contributed by atoms with Crippen LogP contribution in [0, 0.1) is 0 Å². The minimum atomic E-state index is 0.756. The number of nitrogens with zero attached hydrogens (tertiary/aromatic N) is 4. The number of rotatable bonds is 0. The highest BCUT2D eigenvalue weighted by atomic mass is 15.4. The number of aromatic nitrogens is 2. The highest BCUT2D eigenvalue weighted by Crippen LogP contribution is 2.13. The van der Waals surface area contributed by atoms with Gasteiger partial charge in [0, 0.05) is 11.5 Å². The van der Waals surface area contributed by atoms with Gasteiger partial charge in [0.2, 0.25) is 0 Å². The van der Waals surface area contributed by atoms with Gasteiger partial charge in [0.25, 0.3) is 0 Å². The van der Waals surface area contributed by atoms with Gasteiger partial charge in [0.15, 0.2) is 5.84 Å². The summed E-state index contributed by atoms with van der Waals surface area (Å²) >= 11 is 0. The maximum atomic E-state index is 4.25. The fraction of sp³-hybridized carbons (Fsp3) is 0. The molecule has 1 aliphatic rings. The van der Waals surface area contributed by atoms with Crippen molar-refractivity contribution < 1.29 is 0 Å². The molecule has 67 valence electrons. The largest absolute Gasteiger partial charge is 0.213 e. The highest BCUT2D eigenvalue weighted by Gasteiger charge is 2.08. The third-order valence-electron chi connectivity index (χ3n) is 2.14. The molecule has 0 saturated heterocycles. The normalized spacial score (nSPS) is 14.4. The van der Waals surface area contributed by atoms with Gasteiger partial charge in [-0.05, 0) is 6.07 Å². The van der Waals surface area contributed by atoms with Crippen LogP contribution in [0.25, 0.3) is 10.9 Å². The molecule has 0 N–H and O–H groups in total. The summed E-state index contributed by atoms with van der Waals surface area (Å²) in [6.45, 7) is 0. The van der Waals surface area contributed by atoms with Crippen LogP contribution in [-0.4, -0.2) is 15.6 Å². The Bertz CT molecular complexity index is 536. The van der Waals surface area contributed by atoms with Gasteiger partial charge in [0.05, 0.1) is 17.9 Å². The van der Waals surface area contributed by atoms with Gasteiger partial charge in [-0.3, -0.25) is 0 Å². The third kappa shape index (κ3) is 0.939. The van der Waals surface area contributed by atoms with Crippen LogP contribution in [0.15, 0.2) is 47.8 Å². The predicted octanol–water partition coefficient (Wildman–Crippen LogP) is 1.33. The number of benzene rings is 1. The van der Waals surface area contributed by atoms with Gasteiger partial charge < -0.3 is 0 Å². The SMILES string of the molecule is C1=CC(n2ncc3ccccc32)=N[N]1. The fourth-order valence-electron chi connectivity index (χ4n) is 1.49. The molecule has 1 aliphatic heterocycles. The zero-order valence-corrected chi connectivity index (χ0v) is 7.33. The first-order valence-corrected chi connectivity index (χ1v) is 4.33. The first-order chi connectivity index (χ1) is 6.95. The van der Waals surface area contributed by atoms with E-state index < -0.39 is 0 Å². The summed E-state index contributed by atoms with van der Waals surface area (Å²) in [5, 5.41) is 9.32. The van der Waals surface area contributed by atoms with E-state index in [1.807, 2.05) is 36.5 Å². The maximum Gasteiger partial charge on any atom is 0.177 e. The Morgan fingerprint density at radius 3 is 2.93 bits per heavy atom. The standard InChI is InChI=1S/C10H7N4/c1-2-4-9-8(3-1)7-12-14(9)10-5-6-11-13-10/h1-7H. The van der Waals surface area contributed by atoms with E-state index in [4.69, 9.17) is 0 Å². The Hall–Kier alpha value is -2.10. The van der Waals surface area contributed by atoms with E-state index in [1.54, 1.807) is 10.9 Å². The van der Waals surface area contributed by atoms with Crippen molar-refractivity contribution in [3.05, 3.63) is 42.7 Å². The van der Waals surface area contributed by atoms with Crippen molar-refractivity contribution in [2.45, 2.75) is 0 Å². The van der Waals surface area contributed by atoms with Crippen LogP contribution in [-0.2, 0) is 0 Å². The molecule has 1 aromatic heterocycles. The minimum absolute atomic E-state index is 0.756. The molecule has 0 atom stereocenters. The van der Waals surface area contributed by atoms with E-state index in [2.05, 4.69) is 15.6 Å². The second-order valence-electron chi connectivity index (χ2n) is 3.00. The van der Waals surface area contributed by atoms with Crippen LogP contribution in [0.1, 0.15) is 0 Å². The summed E-state index contributed by atoms with van der Waals surface area (Å²) in [5.74, 6) is 0.756. The molecule has 0 unspecified atom stereocenters. The Kier molecular flexibility index (Phi) is 1.41. The van der Waals surface area contributed by atoms with Crippen molar-refractivity contribution in [2.75, 3.05) is 0 Å². The Morgan fingerprint density at radius 2 is 2.07 bits per heavy atom. The second-order valence-corrected chi connectivity index (χ2v) is 3.00. The van der Waals surface area contributed by atoms with Gasteiger partial charge in [-0.2, -0.15) is 10.5 Å². The molecular weight excluding hydrogens is 176 g/mol. The average Bonchev–Trinajstić information content (AvgIpc) is 2.85. The third-order valence-corrected chi connectivity index (χ3v) is 2.14. The summed E-state index contributed by atoms with van der Waals surface area (Å²) in [7, 11) is 0. The van der Waals surface area contributed by atoms with Crippen LogP contribution < -0.4 is 5.43 Å². The first-order valence-electron chi connectivity index (χ1n) is 4.33. The minimum Gasteiger partial charge on any atom is -0.213 e. The number of allylic oxidation sites excluding steroid dienone is 1. The molecular formula is C10H7N4. The lowest BCUT2D eigenvalue weighted by molar-refractivity contribution is 0.918. The highest BCUT2D eigenvalue weighted by molar-refractivity contribution is 6.00. The van der Waals surface area contributed by atoms with Crippen molar-refractivity contribution in [2.24, 2.45) is 5.10 Å². The molecule has 4 nitrogen and oxygen atoms in total. The molecule has 1 aromatic carbocycles. The second kappa shape index (κ2) is 2.70. The van der Waals surface area contributed by atoms with Crippen molar-refractivity contribution in [3.8, 4) is 0 Å². The molecule has 0 amide bonds. The lowest BCUT2D eigenvalue weighted by Gasteiger charge is -1.97. The molecule has 1 radical (unpaired) electrons. The van der Waals surface area contributed by atoms with E-state index in [9.17, 15) is 0 Å². The molecule has 0 fully saturated rings. The van der Waals surface area contributed by atoms with Crippen molar-refractivity contribution in [1.82, 2.24) is 15.2 Å². The molecule has 3 rings (SSSR count). The van der Waals surface area contributed by atoms with E-state index in [0.717, 1.165) is 16.7 Å². The molecule has 0 aliphatic carbocycles. The predicted molar refractivity (Wildman–Crippen MR) is 53.8 cm³/mol. The van der Waals surface area contributed by atoms with Crippen molar-refractivity contribution in [1.29, 1.82) is 0 Å². The van der Waals surface area contributed by atoms with E-state index >= 15 is 0 Å². The number of fused-ring (bicyclic) bond motifs is 1. The Morgan fingerprint density at radius 1 is 1.14 bits per heavy atom. The van der Waals surface area contributed by atoms with Crippen LogP contribution >= 0.6 is 0 Å². The van der Waals surface area contributed by atoms with E-state index in [-0.39, 0.29) is 0 Å². The molecule has 0 spiro atoms. The summed E-state index contributed by atoms with van der Waals surface area (Å²) in [6, 6.07) is 8.01. The number of hydrogen-bond acceptors (Lipinski definition) is 2. The molecule has 0 saturated carbocycles. The summed E-state index contributed by atoms with van der Waals surface area (Å²) in [6.07, 6.45) is 5.31. The van der Waals surface area contributed by atoms with Crippen LogP contribution in [0.4, 0.5) is 0 Å². The smallest absolute Gasteiger partial charge is 0.177 e. The molecule has 2 heterocycles.